The summed E-state index contributed by atoms with van der Waals surface area (Å²) in [5.74, 6) is 0.368. The average Bonchev–Trinajstić information content (AvgIpc) is 2.71. The fraction of sp³-hybridized carbons (Fsp3) is 0.769. The molecule has 0 spiro atoms. The van der Waals surface area contributed by atoms with Crippen LogP contribution in [0.5, 0.6) is 0 Å². The maximum absolute atomic E-state index is 12.3. The highest BCUT2D eigenvalue weighted by Crippen LogP contribution is 2.16. The molecule has 1 heterocycles. The minimum Gasteiger partial charge on any atom is -0.281 e. The quantitative estimate of drug-likeness (QED) is 0.665. The number of hydrogen-bond acceptors (Lipinski definition) is 5. The summed E-state index contributed by atoms with van der Waals surface area (Å²) in [6.07, 6.45) is 1.85. The fourth-order valence-electron chi connectivity index (χ4n) is 2.16. The molecule has 1 aromatic heterocycles. The molecule has 0 atom stereocenters. The van der Waals surface area contributed by atoms with E-state index in [1.54, 1.807) is 13.8 Å². The highest BCUT2D eigenvalue weighted by molar-refractivity contribution is 7.89. The molecule has 0 radical (unpaired) electrons. The van der Waals surface area contributed by atoms with Crippen LogP contribution in [0.4, 0.5) is 0 Å². The van der Waals surface area contributed by atoms with Crippen molar-refractivity contribution in [2.75, 3.05) is 25.9 Å². The van der Waals surface area contributed by atoms with Gasteiger partial charge in [-0.25, -0.2) is 25.9 Å². The predicted octanol–water partition coefficient (Wildman–Crippen LogP) is 0.613. The largest absolute Gasteiger partial charge is 0.281 e. The summed E-state index contributed by atoms with van der Waals surface area (Å²) in [5, 5.41) is 6.49. The molecule has 0 fully saturated rings. The number of rotatable bonds is 9. The van der Waals surface area contributed by atoms with Crippen LogP contribution >= 0.6 is 0 Å². The Balaban J connectivity index is 2.73. The maximum atomic E-state index is 12.3. The van der Waals surface area contributed by atoms with Gasteiger partial charge in [0.1, 0.15) is 4.90 Å². The van der Waals surface area contributed by atoms with Crippen molar-refractivity contribution >= 4 is 20.0 Å². The summed E-state index contributed by atoms with van der Waals surface area (Å²) in [5.41, 5.74) is 0.838. The number of nitrogens with zero attached hydrogens (tertiary/aromatic N) is 2. The Morgan fingerprint density at radius 2 is 1.78 bits per heavy atom. The minimum absolute atomic E-state index is 0.0115. The van der Waals surface area contributed by atoms with E-state index in [0.29, 0.717) is 23.9 Å². The van der Waals surface area contributed by atoms with Crippen LogP contribution in [-0.4, -0.2) is 57.2 Å². The second-order valence-corrected chi connectivity index (χ2v) is 9.69. The van der Waals surface area contributed by atoms with Gasteiger partial charge in [-0.05, 0) is 26.2 Å². The summed E-state index contributed by atoms with van der Waals surface area (Å²) in [4.78, 5) is 0.116. The van der Waals surface area contributed by atoms with Gasteiger partial charge in [-0.1, -0.05) is 13.8 Å². The van der Waals surface area contributed by atoms with E-state index in [-0.39, 0.29) is 18.0 Å². The van der Waals surface area contributed by atoms with Crippen molar-refractivity contribution < 1.29 is 16.8 Å². The Morgan fingerprint density at radius 1 is 1.17 bits per heavy atom. The Hall–Kier alpha value is -0.970. The summed E-state index contributed by atoms with van der Waals surface area (Å²) in [6, 6.07) is 0. The number of H-pyrrole nitrogens is 1. The van der Waals surface area contributed by atoms with E-state index in [4.69, 9.17) is 0 Å². The molecule has 0 aliphatic carbocycles. The zero-order chi connectivity index (χ0) is 17.8. The van der Waals surface area contributed by atoms with Crippen LogP contribution in [0.15, 0.2) is 4.90 Å². The SMILES string of the molecule is Cc1n[nH]c(C)c1S(=O)(=O)NCCN(CCC(C)C)S(C)(=O)=O. The molecule has 8 nitrogen and oxygen atoms in total. The highest BCUT2D eigenvalue weighted by Gasteiger charge is 2.23. The second-order valence-electron chi connectivity index (χ2n) is 6.01. The summed E-state index contributed by atoms with van der Waals surface area (Å²) in [7, 11) is -7.08. The van der Waals surface area contributed by atoms with Crippen molar-refractivity contribution in [3.05, 3.63) is 11.4 Å². The Morgan fingerprint density at radius 3 is 2.22 bits per heavy atom. The van der Waals surface area contributed by atoms with Gasteiger partial charge in [0, 0.05) is 19.6 Å². The van der Waals surface area contributed by atoms with E-state index in [1.807, 2.05) is 13.8 Å². The van der Waals surface area contributed by atoms with E-state index in [1.165, 1.54) is 4.31 Å². The van der Waals surface area contributed by atoms with Crippen LogP contribution < -0.4 is 4.72 Å². The molecule has 10 heteroatoms. The number of aromatic nitrogens is 2. The van der Waals surface area contributed by atoms with Gasteiger partial charge < -0.3 is 0 Å². The molecule has 1 aromatic rings. The first-order valence-electron chi connectivity index (χ1n) is 7.41. The molecule has 0 amide bonds. The third-order valence-electron chi connectivity index (χ3n) is 3.41. The van der Waals surface area contributed by atoms with Crippen molar-refractivity contribution in [1.82, 2.24) is 19.2 Å². The first kappa shape index (κ1) is 20.1. The van der Waals surface area contributed by atoms with Crippen molar-refractivity contribution in [2.24, 2.45) is 5.92 Å². The summed E-state index contributed by atoms with van der Waals surface area (Å²) in [6.45, 7) is 7.73. The van der Waals surface area contributed by atoms with Gasteiger partial charge in [0.15, 0.2) is 0 Å². The topological polar surface area (TPSA) is 112 Å². The van der Waals surface area contributed by atoms with Crippen LogP contribution in [0, 0.1) is 19.8 Å². The molecule has 0 unspecified atom stereocenters. The Labute approximate surface area is 138 Å². The van der Waals surface area contributed by atoms with E-state index < -0.39 is 20.0 Å². The number of aryl methyl sites for hydroxylation is 2. The zero-order valence-corrected chi connectivity index (χ0v) is 15.9. The Bertz CT molecular complexity index is 704. The second kappa shape index (κ2) is 7.73. The van der Waals surface area contributed by atoms with Crippen molar-refractivity contribution in [3.63, 3.8) is 0 Å². The normalized spacial score (nSPS) is 13.2. The standard InChI is InChI=1S/C13H26N4O4S2/c1-10(2)6-8-17(22(5,18)19)9-7-14-23(20,21)13-11(3)15-16-12(13)4/h10,14H,6-9H2,1-5H3,(H,15,16). The molecule has 0 aliphatic heterocycles. The van der Waals surface area contributed by atoms with Gasteiger partial charge in [-0.2, -0.15) is 5.10 Å². The number of nitrogens with one attached hydrogen (secondary N) is 2. The molecular formula is C13H26N4O4S2. The lowest BCUT2D eigenvalue weighted by Crippen LogP contribution is -2.39. The zero-order valence-electron chi connectivity index (χ0n) is 14.2. The van der Waals surface area contributed by atoms with Crippen LogP contribution in [0.25, 0.3) is 0 Å². The maximum Gasteiger partial charge on any atom is 0.244 e. The molecule has 134 valence electrons. The molecule has 0 saturated heterocycles. The first-order valence-corrected chi connectivity index (χ1v) is 10.7. The summed E-state index contributed by atoms with van der Waals surface area (Å²) >= 11 is 0. The van der Waals surface area contributed by atoms with Crippen molar-refractivity contribution in [1.29, 1.82) is 0 Å². The molecule has 0 bridgehead atoms. The monoisotopic (exact) mass is 366 g/mol. The predicted molar refractivity (Wildman–Crippen MR) is 89.1 cm³/mol. The third kappa shape index (κ3) is 5.87. The first-order chi connectivity index (χ1) is 10.4. The third-order valence-corrected chi connectivity index (χ3v) is 6.43. The molecule has 0 aliphatic rings. The van der Waals surface area contributed by atoms with Gasteiger partial charge in [-0.3, -0.25) is 5.10 Å². The van der Waals surface area contributed by atoms with Gasteiger partial charge in [0.2, 0.25) is 20.0 Å². The Kier molecular flexibility index (Phi) is 6.75. The van der Waals surface area contributed by atoms with Crippen molar-refractivity contribution in [3.8, 4) is 0 Å². The van der Waals surface area contributed by atoms with Crippen molar-refractivity contribution in [2.45, 2.75) is 39.0 Å². The molecule has 0 aromatic carbocycles. The van der Waals surface area contributed by atoms with Crippen LogP contribution in [0.2, 0.25) is 0 Å². The minimum atomic E-state index is -3.72. The lowest BCUT2D eigenvalue weighted by molar-refractivity contribution is 0.385. The van der Waals surface area contributed by atoms with E-state index >= 15 is 0 Å². The van der Waals surface area contributed by atoms with E-state index in [9.17, 15) is 16.8 Å². The highest BCUT2D eigenvalue weighted by atomic mass is 32.2. The summed E-state index contributed by atoms with van der Waals surface area (Å²) < 4.78 is 51.9. The van der Waals surface area contributed by atoms with E-state index in [0.717, 1.165) is 12.7 Å². The average molecular weight is 367 g/mol. The van der Waals surface area contributed by atoms with Crippen LogP contribution in [0.1, 0.15) is 31.7 Å². The van der Waals surface area contributed by atoms with Gasteiger partial charge in [0.25, 0.3) is 0 Å². The van der Waals surface area contributed by atoms with Crippen LogP contribution in [-0.2, 0) is 20.0 Å². The smallest absolute Gasteiger partial charge is 0.244 e. The molecule has 1 rings (SSSR count). The number of hydrogen-bond donors (Lipinski definition) is 2. The molecule has 23 heavy (non-hydrogen) atoms. The van der Waals surface area contributed by atoms with E-state index in [2.05, 4.69) is 14.9 Å². The van der Waals surface area contributed by atoms with Gasteiger partial charge >= 0.3 is 0 Å². The van der Waals surface area contributed by atoms with Crippen LogP contribution in [0.3, 0.4) is 0 Å². The fourth-order valence-corrected chi connectivity index (χ4v) is 4.41. The lowest BCUT2D eigenvalue weighted by Gasteiger charge is -2.21. The molecule has 0 saturated carbocycles. The van der Waals surface area contributed by atoms with Gasteiger partial charge in [-0.15, -0.1) is 0 Å². The number of sulfonamides is 2. The molecular weight excluding hydrogens is 340 g/mol. The number of aromatic amines is 1. The molecule has 2 N–H and O–H groups in total. The van der Waals surface area contributed by atoms with Gasteiger partial charge in [0.05, 0.1) is 17.6 Å². The lowest BCUT2D eigenvalue weighted by atomic mass is 10.1.